The Kier molecular flexibility index (Phi) is 6.14. The summed E-state index contributed by atoms with van der Waals surface area (Å²) >= 11 is 1.00. The molecule has 4 rings (SSSR count). The molecule has 0 N–H and O–H groups in total. The van der Waals surface area contributed by atoms with Gasteiger partial charge < -0.3 is 14.0 Å². The fourth-order valence-electron chi connectivity index (χ4n) is 3.18. The predicted octanol–water partition coefficient (Wildman–Crippen LogP) is 4.60. The zero-order valence-electron chi connectivity index (χ0n) is 17.4. The van der Waals surface area contributed by atoms with Crippen LogP contribution in [-0.2, 0) is 11.3 Å². The first-order chi connectivity index (χ1) is 15.8. The lowest BCUT2D eigenvalue weighted by Crippen LogP contribution is -2.14. The largest absolute Gasteiger partial charge is 0.462 e. The second-order valence-corrected chi connectivity index (χ2v) is 7.88. The molecular formula is C22H16F3N3O4S. The number of thiazole rings is 1. The van der Waals surface area contributed by atoms with Gasteiger partial charge in [-0.1, -0.05) is 11.3 Å². The van der Waals surface area contributed by atoms with E-state index >= 15 is 0 Å². The molecule has 0 atom stereocenters. The molecular weight excluding hydrogens is 459 g/mol. The van der Waals surface area contributed by atoms with Crippen LogP contribution in [0.3, 0.4) is 0 Å². The van der Waals surface area contributed by atoms with Gasteiger partial charge in [-0.15, -0.1) is 0 Å². The summed E-state index contributed by atoms with van der Waals surface area (Å²) in [5, 5.41) is 0.311. The van der Waals surface area contributed by atoms with Gasteiger partial charge in [0.25, 0.3) is 10.8 Å². The number of aromatic nitrogens is 3. The molecule has 33 heavy (non-hydrogen) atoms. The maximum absolute atomic E-state index is 14.1. The lowest BCUT2D eigenvalue weighted by atomic mass is 10.1. The summed E-state index contributed by atoms with van der Waals surface area (Å²) in [4.78, 5) is 32.6. The molecule has 0 unspecified atom stereocenters. The molecule has 0 fully saturated rings. The van der Waals surface area contributed by atoms with Crippen molar-refractivity contribution in [3.63, 3.8) is 0 Å². The van der Waals surface area contributed by atoms with E-state index in [-0.39, 0.29) is 35.0 Å². The number of nitrogens with zero attached hydrogens (tertiary/aromatic N) is 3. The van der Waals surface area contributed by atoms with Gasteiger partial charge in [0.2, 0.25) is 0 Å². The van der Waals surface area contributed by atoms with Gasteiger partial charge in [0.05, 0.1) is 36.1 Å². The number of fused-ring (bicyclic) bond motifs is 1. The zero-order chi connectivity index (χ0) is 23.7. The molecule has 0 amide bonds. The summed E-state index contributed by atoms with van der Waals surface area (Å²) in [6.07, 6.45) is 1.16. The quantitative estimate of drug-likeness (QED) is 0.379. The van der Waals surface area contributed by atoms with E-state index in [0.29, 0.717) is 28.2 Å². The minimum atomic E-state index is -1.05. The summed E-state index contributed by atoms with van der Waals surface area (Å²) in [5.74, 6) is -3.37. The van der Waals surface area contributed by atoms with E-state index in [9.17, 15) is 22.8 Å². The van der Waals surface area contributed by atoms with Gasteiger partial charge in [-0.2, -0.15) is 4.98 Å². The van der Waals surface area contributed by atoms with E-state index in [1.165, 1.54) is 22.8 Å². The highest BCUT2D eigenvalue weighted by Gasteiger charge is 2.18. The Bertz CT molecular complexity index is 1410. The number of hydrogen-bond donors (Lipinski definition) is 0. The summed E-state index contributed by atoms with van der Waals surface area (Å²) in [7, 11) is 0. The molecule has 4 aromatic rings. The van der Waals surface area contributed by atoms with Crippen molar-refractivity contribution in [1.82, 2.24) is 14.5 Å². The average molecular weight is 475 g/mol. The van der Waals surface area contributed by atoms with Gasteiger partial charge in [0.15, 0.2) is 0 Å². The van der Waals surface area contributed by atoms with Crippen molar-refractivity contribution in [1.29, 1.82) is 0 Å². The Balaban J connectivity index is 1.67. The Labute approximate surface area is 189 Å². The number of ether oxygens (including phenoxy) is 2. The van der Waals surface area contributed by atoms with Crippen LogP contribution in [-0.4, -0.2) is 27.1 Å². The number of carbonyl (C=O) groups excluding carboxylic acids is 1. The second kappa shape index (κ2) is 9.02. The van der Waals surface area contributed by atoms with Crippen LogP contribution < -0.4 is 10.3 Å². The lowest BCUT2D eigenvalue weighted by molar-refractivity contribution is 0.0531. The first-order valence-corrected chi connectivity index (χ1v) is 10.5. The minimum absolute atomic E-state index is 0.136. The van der Waals surface area contributed by atoms with Crippen molar-refractivity contribution >= 4 is 28.2 Å². The predicted molar refractivity (Wildman–Crippen MR) is 114 cm³/mol. The molecule has 7 nitrogen and oxygen atoms in total. The molecule has 0 saturated carbocycles. The SMILES string of the molecule is CCOC(=O)c1sc(Oc2ccc3c(c2)c(=O)ncn3Cc2c(F)cc(F)cc2F)nc1C. The molecule has 0 aliphatic carbocycles. The highest BCUT2D eigenvalue weighted by Crippen LogP contribution is 2.31. The van der Waals surface area contributed by atoms with E-state index in [1.807, 2.05) is 0 Å². The van der Waals surface area contributed by atoms with Crippen LogP contribution >= 0.6 is 11.3 Å². The van der Waals surface area contributed by atoms with Gasteiger partial charge in [0.1, 0.15) is 28.1 Å². The molecule has 0 spiro atoms. The third kappa shape index (κ3) is 4.58. The van der Waals surface area contributed by atoms with E-state index in [4.69, 9.17) is 9.47 Å². The van der Waals surface area contributed by atoms with Crippen LogP contribution in [0.1, 0.15) is 27.9 Å². The third-order valence-electron chi connectivity index (χ3n) is 4.70. The molecule has 0 radical (unpaired) electrons. The third-order valence-corrected chi connectivity index (χ3v) is 5.71. The lowest BCUT2D eigenvalue weighted by Gasteiger charge is -2.12. The van der Waals surface area contributed by atoms with Crippen LogP contribution in [0.15, 0.2) is 41.5 Å². The number of benzene rings is 2. The van der Waals surface area contributed by atoms with Crippen LogP contribution in [0.5, 0.6) is 10.9 Å². The molecule has 0 saturated heterocycles. The second-order valence-electron chi connectivity index (χ2n) is 6.92. The minimum Gasteiger partial charge on any atom is -0.462 e. The highest BCUT2D eigenvalue weighted by molar-refractivity contribution is 7.15. The van der Waals surface area contributed by atoms with Gasteiger partial charge >= 0.3 is 5.97 Å². The van der Waals surface area contributed by atoms with Crippen molar-refractivity contribution < 1.29 is 27.4 Å². The standard InChI is InChI=1S/C22H16F3N3O4S/c1-3-31-21(30)19-11(2)27-22(33-19)32-13-4-5-18-14(8-13)20(29)26-10-28(18)9-15-16(24)6-12(23)7-17(15)25/h4-8,10H,3,9H2,1-2H3. The van der Waals surface area contributed by atoms with E-state index in [2.05, 4.69) is 9.97 Å². The van der Waals surface area contributed by atoms with Gasteiger partial charge in [-0.3, -0.25) is 4.79 Å². The number of aryl methyl sites for hydroxylation is 1. The number of rotatable bonds is 6. The number of esters is 1. The number of carbonyl (C=O) groups is 1. The topological polar surface area (TPSA) is 83.3 Å². The first-order valence-electron chi connectivity index (χ1n) is 9.71. The fraction of sp³-hybridized carbons (Fsp3) is 0.182. The van der Waals surface area contributed by atoms with Crippen LogP contribution in [0.4, 0.5) is 13.2 Å². The summed E-state index contributed by atoms with van der Waals surface area (Å²) in [5.41, 5.74) is -0.155. The van der Waals surface area contributed by atoms with Gasteiger partial charge in [-0.05, 0) is 32.0 Å². The van der Waals surface area contributed by atoms with Gasteiger partial charge in [-0.25, -0.2) is 22.9 Å². The molecule has 11 heteroatoms. The summed E-state index contributed by atoms with van der Waals surface area (Å²) in [6.45, 7) is 3.26. The van der Waals surface area contributed by atoms with Crippen molar-refractivity contribution in [2.24, 2.45) is 0 Å². The van der Waals surface area contributed by atoms with E-state index < -0.39 is 29.0 Å². The van der Waals surface area contributed by atoms with Gasteiger partial charge in [0, 0.05) is 17.7 Å². The summed E-state index contributed by atoms with van der Waals surface area (Å²) in [6, 6.07) is 5.65. The molecule has 0 aliphatic rings. The monoisotopic (exact) mass is 475 g/mol. The van der Waals surface area contributed by atoms with Crippen molar-refractivity contribution in [3.8, 4) is 10.9 Å². The number of hydrogen-bond acceptors (Lipinski definition) is 7. The highest BCUT2D eigenvalue weighted by atomic mass is 32.1. The Hall–Kier alpha value is -3.73. The average Bonchev–Trinajstić information content (AvgIpc) is 3.12. The molecule has 2 heterocycles. The first kappa shape index (κ1) is 22.5. The van der Waals surface area contributed by atoms with Crippen LogP contribution in [0.2, 0.25) is 0 Å². The molecule has 2 aromatic carbocycles. The fourth-order valence-corrected chi connectivity index (χ4v) is 4.01. The Morgan fingerprint density at radius 2 is 1.88 bits per heavy atom. The van der Waals surface area contributed by atoms with Crippen molar-refractivity contribution in [2.45, 2.75) is 20.4 Å². The Morgan fingerprint density at radius 1 is 1.15 bits per heavy atom. The maximum Gasteiger partial charge on any atom is 0.350 e. The smallest absolute Gasteiger partial charge is 0.350 e. The van der Waals surface area contributed by atoms with E-state index in [0.717, 1.165) is 17.7 Å². The van der Waals surface area contributed by atoms with Crippen molar-refractivity contribution in [2.75, 3.05) is 6.61 Å². The number of halogens is 3. The molecule has 0 bridgehead atoms. The molecule has 170 valence electrons. The molecule has 2 aromatic heterocycles. The summed E-state index contributed by atoms with van der Waals surface area (Å²) < 4.78 is 53.4. The molecule has 0 aliphatic heterocycles. The Morgan fingerprint density at radius 3 is 2.58 bits per heavy atom. The maximum atomic E-state index is 14.1. The van der Waals surface area contributed by atoms with Crippen LogP contribution in [0, 0.1) is 24.4 Å². The zero-order valence-corrected chi connectivity index (χ0v) is 18.2. The van der Waals surface area contributed by atoms with Crippen LogP contribution in [0.25, 0.3) is 10.9 Å². The van der Waals surface area contributed by atoms with E-state index in [1.54, 1.807) is 13.8 Å². The normalized spacial score (nSPS) is 11.1. The van der Waals surface area contributed by atoms with Crippen molar-refractivity contribution in [3.05, 3.63) is 80.6 Å².